The third-order valence-electron chi connectivity index (χ3n) is 2.40. The minimum Gasteiger partial charge on any atom is -0.308 e. The summed E-state index contributed by atoms with van der Waals surface area (Å²) in [6, 6.07) is 0. The molecule has 3 nitrogen and oxygen atoms in total. The van der Waals surface area contributed by atoms with Gasteiger partial charge in [-0.05, 0) is 5.92 Å². The van der Waals surface area contributed by atoms with Crippen molar-refractivity contribution < 1.29 is 4.39 Å². The first kappa shape index (κ1) is 8.69. The van der Waals surface area contributed by atoms with Crippen molar-refractivity contribution in [1.29, 1.82) is 0 Å². The Bertz CT molecular complexity index is 306. The molecule has 1 aliphatic heterocycles. The Kier molecular flexibility index (Phi) is 2.07. The van der Waals surface area contributed by atoms with Crippen molar-refractivity contribution in [2.45, 2.75) is 32.5 Å². The van der Waals surface area contributed by atoms with E-state index in [2.05, 4.69) is 15.5 Å². The van der Waals surface area contributed by atoms with Gasteiger partial charge in [0.15, 0.2) is 0 Å². The van der Waals surface area contributed by atoms with E-state index in [1.54, 1.807) is 0 Å². The number of hydrogen-bond donors (Lipinski definition) is 2. The van der Waals surface area contributed by atoms with E-state index >= 15 is 0 Å². The minimum atomic E-state index is -0.903. The number of fused-ring (bicyclic) bond motifs is 1. The van der Waals surface area contributed by atoms with Gasteiger partial charge in [-0.3, -0.25) is 5.10 Å². The molecule has 4 heteroatoms. The second kappa shape index (κ2) is 3.10. The van der Waals surface area contributed by atoms with E-state index in [4.69, 9.17) is 0 Å². The molecular weight excluding hydrogens is 169 g/mol. The van der Waals surface area contributed by atoms with Crippen LogP contribution in [0.3, 0.4) is 0 Å². The molecule has 1 aromatic rings. The SMILES string of the molecule is CC(C)c1n[nH]c2c1C(F)CNC2. The Morgan fingerprint density at radius 1 is 1.54 bits per heavy atom. The lowest BCUT2D eigenvalue weighted by atomic mass is 9.98. The summed E-state index contributed by atoms with van der Waals surface area (Å²) in [5.41, 5.74) is 2.57. The van der Waals surface area contributed by atoms with Gasteiger partial charge in [-0.25, -0.2) is 4.39 Å². The number of nitrogens with zero attached hydrogens (tertiary/aromatic N) is 1. The third kappa shape index (κ3) is 1.35. The van der Waals surface area contributed by atoms with E-state index in [9.17, 15) is 4.39 Å². The second-order valence-electron chi connectivity index (χ2n) is 3.75. The molecule has 1 atom stereocenters. The van der Waals surface area contributed by atoms with Gasteiger partial charge in [0.2, 0.25) is 0 Å². The van der Waals surface area contributed by atoms with Gasteiger partial charge in [0.05, 0.1) is 11.4 Å². The predicted molar refractivity (Wildman–Crippen MR) is 48.2 cm³/mol. The topological polar surface area (TPSA) is 40.7 Å². The number of rotatable bonds is 1. The van der Waals surface area contributed by atoms with Gasteiger partial charge in [0.25, 0.3) is 0 Å². The van der Waals surface area contributed by atoms with Crippen LogP contribution in [0.2, 0.25) is 0 Å². The summed E-state index contributed by atoms with van der Waals surface area (Å²) in [6.07, 6.45) is -0.903. The largest absolute Gasteiger partial charge is 0.308 e. The molecule has 13 heavy (non-hydrogen) atoms. The van der Waals surface area contributed by atoms with E-state index < -0.39 is 6.17 Å². The van der Waals surface area contributed by atoms with Crippen LogP contribution in [0.15, 0.2) is 0 Å². The highest BCUT2D eigenvalue weighted by Crippen LogP contribution is 2.30. The molecule has 0 aromatic carbocycles. The zero-order chi connectivity index (χ0) is 9.42. The molecular formula is C9H14FN3. The highest BCUT2D eigenvalue weighted by atomic mass is 19.1. The number of halogens is 1. The van der Waals surface area contributed by atoms with Crippen molar-refractivity contribution in [3.63, 3.8) is 0 Å². The zero-order valence-corrected chi connectivity index (χ0v) is 7.89. The Morgan fingerprint density at radius 3 is 3.00 bits per heavy atom. The van der Waals surface area contributed by atoms with E-state index in [0.717, 1.165) is 17.0 Å². The van der Waals surface area contributed by atoms with Crippen molar-refractivity contribution in [3.8, 4) is 0 Å². The average molecular weight is 183 g/mol. The molecule has 0 bridgehead atoms. The number of hydrogen-bond acceptors (Lipinski definition) is 2. The van der Waals surface area contributed by atoms with Gasteiger partial charge >= 0.3 is 0 Å². The molecule has 0 fully saturated rings. The van der Waals surface area contributed by atoms with Crippen molar-refractivity contribution in [2.24, 2.45) is 0 Å². The summed E-state index contributed by atoms with van der Waals surface area (Å²) >= 11 is 0. The first-order valence-electron chi connectivity index (χ1n) is 4.62. The smallest absolute Gasteiger partial charge is 0.141 e. The van der Waals surface area contributed by atoms with E-state index in [-0.39, 0.29) is 5.92 Å². The summed E-state index contributed by atoms with van der Waals surface area (Å²) in [5, 5.41) is 10.0. The van der Waals surface area contributed by atoms with Gasteiger partial charge < -0.3 is 5.32 Å². The summed E-state index contributed by atoms with van der Waals surface area (Å²) in [5.74, 6) is 0.288. The van der Waals surface area contributed by atoms with Crippen molar-refractivity contribution >= 4 is 0 Å². The van der Waals surface area contributed by atoms with Crippen LogP contribution in [0.25, 0.3) is 0 Å². The Labute approximate surface area is 76.7 Å². The standard InChI is InChI=1S/C9H14FN3/c1-5(2)9-8-6(10)3-11-4-7(8)12-13-9/h5-6,11H,3-4H2,1-2H3,(H,12,13). The zero-order valence-electron chi connectivity index (χ0n) is 7.89. The number of aromatic amines is 1. The van der Waals surface area contributed by atoms with Crippen LogP contribution in [0, 0.1) is 0 Å². The number of nitrogens with one attached hydrogen (secondary N) is 2. The van der Waals surface area contributed by atoms with Gasteiger partial charge in [-0.2, -0.15) is 5.10 Å². The molecule has 0 aliphatic carbocycles. The molecule has 72 valence electrons. The lowest BCUT2D eigenvalue weighted by Gasteiger charge is -2.18. The molecule has 2 N–H and O–H groups in total. The van der Waals surface area contributed by atoms with Crippen molar-refractivity contribution in [2.75, 3.05) is 6.54 Å². The third-order valence-corrected chi connectivity index (χ3v) is 2.40. The van der Waals surface area contributed by atoms with E-state index in [0.29, 0.717) is 13.1 Å². The van der Waals surface area contributed by atoms with Gasteiger partial charge in [0, 0.05) is 18.7 Å². The normalized spacial score (nSPS) is 22.0. The van der Waals surface area contributed by atoms with Crippen molar-refractivity contribution in [3.05, 3.63) is 17.0 Å². The number of alkyl halides is 1. The van der Waals surface area contributed by atoms with Crippen molar-refractivity contribution in [1.82, 2.24) is 15.5 Å². The Morgan fingerprint density at radius 2 is 2.31 bits per heavy atom. The first-order valence-corrected chi connectivity index (χ1v) is 4.62. The lowest BCUT2D eigenvalue weighted by molar-refractivity contribution is 0.307. The first-order chi connectivity index (χ1) is 6.20. The molecule has 0 spiro atoms. The molecule has 0 amide bonds. The Hall–Kier alpha value is -0.900. The quantitative estimate of drug-likeness (QED) is 0.695. The van der Waals surface area contributed by atoms with E-state index in [1.807, 2.05) is 13.8 Å². The van der Waals surface area contributed by atoms with Crippen LogP contribution in [-0.4, -0.2) is 16.7 Å². The van der Waals surface area contributed by atoms with Gasteiger partial charge in [-0.1, -0.05) is 13.8 Å². The molecule has 2 heterocycles. The average Bonchev–Trinajstić information content (AvgIpc) is 2.49. The van der Waals surface area contributed by atoms with Crippen LogP contribution in [0.4, 0.5) is 4.39 Å². The maximum Gasteiger partial charge on any atom is 0.141 e. The summed E-state index contributed by atoms with van der Waals surface area (Å²) < 4.78 is 13.5. The molecule has 1 aliphatic rings. The molecule has 2 rings (SSSR count). The fourth-order valence-corrected chi connectivity index (χ4v) is 1.75. The predicted octanol–water partition coefficient (Wildman–Crippen LogP) is 1.65. The fourth-order valence-electron chi connectivity index (χ4n) is 1.75. The van der Waals surface area contributed by atoms with Crippen LogP contribution < -0.4 is 5.32 Å². The van der Waals surface area contributed by atoms with Gasteiger partial charge in [-0.15, -0.1) is 0 Å². The highest BCUT2D eigenvalue weighted by molar-refractivity contribution is 5.31. The lowest BCUT2D eigenvalue weighted by Crippen LogP contribution is -2.26. The summed E-state index contributed by atoms with van der Waals surface area (Å²) in [6.45, 7) is 5.18. The maximum atomic E-state index is 13.5. The van der Waals surface area contributed by atoms with Crippen LogP contribution >= 0.6 is 0 Å². The molecule has 0 saturated heterocycles. The monoisotopic (exact) mass is 183 g/mol. The fraction of sp³-hybridized carbons (Fsp3) is 0.667. The Balaban J connectivity index is 2.44. The van der Waals surface area contributed by atoms with Crippen LogP contribution in [0.5, 0.6) is 0 Å². The molecule has 0 saturated carbocycles. The highest BCUT2D eigenvalue weighted by Gasteiger charge is 2.26. The molecule has 1 unspecified atom stereocenters. The second-order valence-corrected chi connectivity index (χ2v) is 3.75. The number of aromatic nitrogens is 2. The summed E-state index contributed by atoms with van der Waals surface area (Å²) in [7, 11) is 0. The van der Waals surface area contributed by atoms with Gasteiger partial charge in [0.1, 0.15) is 6.17 Å². The van der Waals surface area contributed by atoms with Crippen LogP contribution in [0.1, 0.15) is 42.9 Å². The molecule has 1 aromatic heterocycles. The minimum absolute atomic E-state index is 0.288. The maximum absolute atomic E-state index is 13.5. The summed E-state index contributed by atoms with van der Waals surface area (Å²) in [4.78, 5) is 0. The van der Waals surface area contributed by atoms with Crippen LogP contribution in [-0.2, 0) is 6.54 Å². The molecule has 0 radical (unpaired) electrons. The number of H-pyrrole nitrogens is 1. The van der Waals surface area contributed by atoms with E-state index in [1.165, 1.54) is 0 Å².